The van der Waals surface area contributed by atoms with E-state index in [0.717, 1.165) is 0 Å². The highest BCUT2D eigenvalue weighted by molar-refractivity contribution is 7.99. The lowest BCUT2D eigenvalue weighted by Gasteiger charge is -2.13. The van der Waals surface area contributed by atoms with Crippen molar-refractivity contribution in [2.24, 2.45) is 0 Å². The van der Waals surface area contributed by atoms with Crippen LogP contribution in [0.15, 0.2) is 29.2 Å². The van der Waals surface area contributed by atoms with E-state index in [1.54, 1.807) is 18.2 Å². The fourth-order valence-corrected chi connectivity index (χ4v) is 2.02. The van der Waals surface area contributed by atoms with E-state index in [1.165, 1.54) is 17.8 Å². The maximum absolute atomic E-state index is 11.9. The predicted octanol–water partition coefficient (Wildman–Crippen LogP) is 0.478. The molecule has 0 fully saturated rings. The molecule has 6 nitrogen and oxygen atoms in total. The minimum atomic E-state index is -1.35. The molecule has 0 spiro atoms. The van der Waals surface area contributed by atoms with Crippen LogP contribution >= 0.6 is 11.8 Å². The Balaban J connectivity index is 2.87. The summed E-state index contributed by atoms with van der Waals surface area (Å²) in [6, 6.07) is 7.17. The van der Waals surface area contributed by atoms with Crippen LogP contribution in [0, 0.1) is 11.3 Å². The van der Waals surface area contributed by atoms with Crippen LogP contribution in [0.3, 0.4) is 0 Å². The standard InChI is InChI=1S/C12H12N2O4S/c13-5-6-19-10-4-2-1-3-8(10)11(16)14-9(7-15)12(17)18/h1-4,9,15H,6-7H2,(H,14,16)(H,17,18)/t9-/m0/s1. The predicted molar refractivity (Wildman–Crippen MR) is 68.8 cm³/mol. The Bertz CT molecular complexity index is 513. The quantitative estimate of drug-likeness (QED) is 0.654. The molecule has 0 aliphatic rings. The Morgan fingerprint density at radius 2 is 2.11 bits per heavy atom. The van der Waals surface area contributed by atoms with Crippen molar-refractivity contribution in [2.45, 2.75) is 10.9 Å². The number of aliphatic hydroxyl groups is 1. The summed E-state index contributed by atoms with van der Waals surface area (Å²) in [7, 11) is 0. The third-order valence-corrected chi connectivity index (χ3v) is 3.15. The van der Waals surface area contributed by atoms with Crippen LogP contribution in [0.1, 0.15) is 10.4 Å². The van der Waals surface area contributed by atoms with Gasteiger partial charge in [-0.05, 0) is 12.1 Å². The van der Waals surface area contributed by atoms with Crippen molar-refractivity contribution in [2.75, 3.05) is 12.4 Å². The van der Waals surface area contributed by atoms with Crippen LogP contribution in [0.25, 0.3) is 0 Å². The third kappa shape index (κ3) is 4.28. The molecule has 0 saturated heterocycles. The summed E-state index contributed by atoms with van der Waals surface area (Å²) in [6.07, 6.45) is 0. The van der Waals surface area contributed by atoms with E-state index >= 15 is 0 Å². The van der Waals surface area contributed by atoms with Gasteiger partial charge in [0, 0.05) is 4.90 Å². The van der Waals surface area contributed by atoms with Crippen molar-refractivity contribution in [3.63, 3.8) is 0 Å². The molecule has 1 atom stereocenters. The van der Waals surface area contributed by atoms with Gasteiger partial charge in [-0.2, -0.15) is 5.26 Å². The van der Waals surface area contributed by atoms with Crippen molar-refractivity contribution in [1.29, 1.82) is 5.26 Å². The fraction of sp³-hybridized carbons (Fsp3) is 0.250. The number of benzene rings is 1. The second-order valence-electron chi connectivity index (χ2n) is 3.49. The van der Waals surface area contributed by atoms with Crippen molar-refractivity contribution in [3.05, 3.63) is 29.8 Å². The van der Waals surface area contributed by atoms with Crippen molar-refractivity contribution in [1.82, 2.24) is 5.32 Å². The van der Waals surface area contributed by atoms with Crippen LogP contribution in [-0.2, 0) is 4.79 Å². The average molecular weight is 280 g/mol. The molecule has 0 aliphatic heterocycles. The van der Waals surface area contributed by atoms with Gasteiger partial charge in [-0.3, -0.25) is 4.79 Å². The zero-order valence-electron chi connectivity index (χ0n) is 9.87. The highest BCUT2D eigenvalue weighted by atomic mass is 32.2. The molecule has 1 amide bonds. The SMILES string of the molecule is N#CCSc1ccccc1C(=O)N[C@@H](CO)C(=O)O. The maximum atomic E-state index is 11.9. The molecule has 0 saturated carbocycles. The number of nitrogens with one attached hydrogen (secondary N) is 1. The summed E-state index contributed by atoms with van der Waals surface area (Å²) >= 11 is 1.19. The van der Waals surface area contributed by atoms with E-state index in [1.807, 2.05) is 6.07 Å². The lowest BCUT2D eigenvalue weighted by atomic mass is 10.2. The molecule has 0 unspecified atom stereocenters. The van der Waals surface area contributed by atoms with Gasteiger partial charge in [-0.25, -0.2) is 4.79 Å². The minimum absolute atomic E-state index is 0.187. The van der Waals surface area contributed by atoms with E-state index in [4.69, 9.17) is 15.5 Å². The number of carboxylic acid groups (broad SMARTS) is 1. The Morgan fingerprint density at radius 1 is 1.42 bits per heavy atom. The van der Waals surface area contributed by atoms with E-state index in [9.17, 15) is 9.59 Å². The summed E-state index contributed by atoms with van der Waals surface area (Å²) in [5, 5.41) is 28.4. The molecule has 7 heteroatoms. The smallest absolute Gasteiger partial charge is 0.328 e. The Morgan fingerprint density at radius 3 is 2.68 bits per heavy atom. The Labute approximate surface area is 114 Å². The van der Waals surface area contributed by atoms with Gasteiger partial charge in [0.25, 0.3) is 5.91 Å². The van der Waals surface area contributed by atoms with Gasteiger partial charge in [-0.15, -0.1) is 11.8 Å². The van der Waals surface area contributed by atoms with Crippen LogP contribution in [0.5, 0.6) is 0 Å². The molecule has 1 rings (SSSR count). The lowest BCUT2D eigenvalue weighted by molar-refractivity contribution is -0.140. The minimum Gasteiger partial charge on any atom is -0.480 e. The summed E-state index contributed by atoms with van der Waals surface area (Å²) < 4.78 is 0. The molecule has 0 aromatic heterocycles. The van der Waals surface area contributed by atoms with Gasteiger partial charge in [-0.1, -0.05) is 12.1 Å². The summed E-state index contributed by atoms with van der Waals surface area (Å²) in [4.78, 5) is 23.2. The molecule has 19 heavy (non-hydrogen) atoms. The number of thioether (sulfide) groups is 1. The number of aliphatic hydroxyl groups excluding tert-OH is 1. The fourth-order valence-electron chi connectivity index (χ4n) is 1.31. The zero-order valence-corrected chi connectivity index (χ0v) is 10.7. The number of carboxylic acids is 1. The molecule has 1 aromatic rings. The van der Waals surface area contributed by atoms with Gasteiger partial charge >= 0.3 is 5.97 Å². The highest BCUT2D eigenvalue weighted by Gasteiger charge is 2.20. The third-order valence-electron chi connectivity index (χ3n) is 2.21. The van der Waals surface area contributed by atoms with Crippen LogP contribution in [0.4, 0.5) is 0 Å². The van der Waals surface area contributed by atoms with E-state index in [-0.39, 0.29) is 11.3 Å². The average Bonchev–Trinajstić information content (AvgIpc) is 2.42. The molecule has 0 bridgehead atoms. The number of carbonyl (C=O) groups is 2. The van der Waals surface area contributed by atoms with Crippen LogP contribution in [-0.4, -0.2) is 40.5 Å². The number of nitriles is 1. The van der Waals surface area contributed by atoms with Gasteiger partial charge in [0.2, 0.25) is 0 Å². The normalized spacial score (nSPS) is 11.4. The first kappa shape index (κ1) is 15.0. The maximum Gasteiger partial charge on any atom is 0.328 e. The molecular weight excluding hydrogens is 268 g/mol. The summed E-state index contributed by atoms with van der Waals surface area (Å²) in [6.45, 7) is -0.686. The molecule has 0 radical (unpaired) electrons. The number of hydrogen-bond donors (Lipinski definition) is 3. The summed E-state index contributed by atoms with van der Waals surface area (Å²) in [5.74, 6) is -1.72. The van der Waals surface area contributed by atoms with Crippen molar-refractivity contribution >= 4 is 23.6 Å². The van der Waals surface area contributed by atoms with Crippen molar-refractivity contribution < 1.29 is 19.8 Å². The second kappa shape index (κ2) is 7.41. The Hall–Kier alpha value is -2.04. The van der Waals surface area contributed by atoms with E-state index in [0.29, 0.717) is 4.90 Å². The first-order chi connectivity index (χ1) is 9.10. The first-order valence-electron chi connectivity index (χ1n) is 5.33. The topological polar surface area (TPSA) is 110 Å². The molecule has 1 aromatic carbocycles. The molecule has 0 heterocycles. The second-order valence-corrected chi connectivity index (χ2v) is 4.51. The van der Waals surface area contributed by atoms with Gasteiger partial charge in [0.15, 0.2) is 6.04 Å². The number of nitrogens with zero attached hydrogens (tertiary/aromatic N) is 1. The van der Waals surface area contributed by atoms with Crippen molar-refractivity contribution in [3.8, 4) is 6.07 Å². The number of amides is 1. The number of carbonyl (C=O) groups excluding carboxylic acids is 1. The zero-order chi connectivity index (χ0) is 14.3. The van der Waals surface area contributed by atoms with Crippen LogP contribution in [0.2, 0.25) is 0 Å². The van der Waals surface area contributed by atoms with E-state index < -0.39 is 24.5 Å². The van der Waals surface area contributed by atoms with E-state index in [2.05, 4.69) is 5.32 Å². The molecule has 3 N–H and O–H groups in total. The molecule has 0 aliphatic carbocycles. The highest BCUT2D eigenvalue weighted by Crippen LogP contribution is 2.22. The Kier molecular flexibility index (Phi) is 5.85. The molecule has 100 valence electrons. The summed E-state index contributed by atoms with van der Waals surface area (Å²) in [5.41, 5.74) is 0.280. The van der Waals surface area contributed by atoms with Crippen LogP contribution < -0.4 is 5.32 Å². The molecular formula is C12H12N2O4S. The number of rotatable bonds is 6. The van der Waals surface area contributed by atoms with Gasteiger partial charge in [0.1, 0.15) is 0 Å². The monoisotopic (exact) mass is 280 g/mol. The van der Waals surface area contributed by atoms with Gasteiger partial charge < -0.3 is 15.5 Å². The lowest BCUT2D eigenvalue weighted by Crippen LogP contribution is -2.43. The van der Waals surface area contributed by atoms with Gasteiger partial charge in [0.05, 0.1) is 24.0 Å². The first-order valence-corrected chi connectivity index (χ1v) is 6.32. The number of hydrogen-bond acceptors (Lipinski definition) is 5. The number of aliphatic carboxylic acids is 1. The largest absolute Gasteiger partial charge is 0.480 e.